The number of amides is 1. The van der Waals surface area contributed by atoms with Crippen molar-refractivity contribution in [2.24, 2.45) is 0 Å². The van der Waals surface area contributed by atoms with E-state index < -0.39 is 5.63 Å². The lowest BCUT2D eigenvalue weighted by Crippen LogP contribution is -2.27. The van der Waals surface area contributed by atoms with Gasteiger partial charge in [-0.25, -0.2) is 9.78 Å². The Labute approximate surface area is 95.9 Å². The lowest BCUT2D eigenvalue weighted by Gasteiger charge is -2.10. The summed E-state index contributed by atoms with van der Waals surface area (Å²) in [6.45, 7) is 1.76. The van der Waals surface area contributed by atoms with E-state index in [-0.39, 0.29) is 17.5 Å². The summed E-state index contributed by atoms with van der Waals surface area (Å²) in [5.41, 5.74) is -0.221. The molecular weight excluding hydrogens is 224 g/mol. The van der Waals surface area contributed by atoms with E-state index in [1.807, 2.05) is 0 Å². The van der Waals surface area contributed by atoms with Gasteiger partial charge in [0.05, 0.1) is 11.6 Å². The van der Waals surface area contributed by atoms with Crippen LogP contribution in [-0.2, 0) is 0 Å². The third-order valence-corrected chi connectivity index (χ3v) is 2.15. The van der Waals surface area contributed by atoms with Gasteiger partial charge in [0.2, 0.25) is 0 Å². The standard InChI is InChI=1S/C10H10N4O3/c1-6(9-11-5-12-14-9)13-10(16)7-2-3-8(15)17-4-7/h2-6H,1H3,(H,13,16)(H,11,12,14). The molecular formula is C10H10N4O3. The molecule has 7 heteroatoms. The van der Waals surface area contributed by atoms with Crippen LogP contribution in [0.5, 0.6) is 0 Å². The van der Waals surface area contributed by atoms with E-state index in [0.29, 0.717) is 5.82 Å². The minimum Gasteiger partial charge on any atom is -0.430 e. The smallest absolute Gasteiger partial charge is 0.335 e. The average molecular weight is 234 g/mol. The molecule has 0 aliphatic heterocycles. The molecule has 2 heterocycles. The van der Waals surface area contributed by atoms with Crippen molar-refractivity contribution in [1.82, 2.24) is 20.5 Å². The Kier molecular flexibility index (Phi) is 2.99. The Morgan fingerprint density at radius 2 is 2.35 bits per heavy atom. The van der Waals surface area contributed by atoms with Crippen molar-refractivity contribution in [2.45, 2.75) is 13.0 Å². The summed E-state index contributed by atoms with van der Waals surface area (Å²) in [5, 5.41) is 9.02. The fourth-order valence-electron chi connectivity index (χ4n) is 1.26. The van der Waals surface area contributed by atoms with Crippen LogP contribution in [-0.4, -0.2) is 21.1 Å². The molecule has 2 rings (SSSR count). The summed E-state index contributed by atoms with van der Waals surface area (Å²) in [7, 11) is 0. The molecule has 0 bridgehead atoms. The Morgan fingerprint density at radius 1 is 1.53 bits per heavy atom. The van der Waals surface area contributed by atoms with Crippen LogP contribution in [0.4, 0.5) is 0 Å². The summed E-state index contributed by atoms with van der Waals surface area (Å²) in [6, 6.07) is 2.28. The van der Waals surface area contributed by atoms with Crippen molar-refractivity contribution in [3.8, 4) is 0 Å². The molecule has 1 amide bonds. The van der Waals surface area contributed by atoms with Crippen LogP contribution in [0.3, 0.4) is 0 Å². The third kappa shape index (κ3) is 2.57. The van der Waals surface area contributed by atoms with Gasteiger partial charge >= 0.3 is 5.63 Å². The molecule has 88 valence electrons. The quantitative estimate of drug-likeness (QED) is 0.792. The number of hydrogen-bond donors (Lipinski definition) is 2. The van der Waals surface area contributed by atoms with E-state index >= 15 is 0 Å². The van der Waals surface area contributed by atoms with Gasteiger partial charge in [0.1, 0.15) is 18.4 Å². The molecule has 2 aromatic rings. The van der Waals surface area contributed by atoms with Crippen LogP contribution in [0.1, 0.15) is 29.1 Å². The molecule has 0 aliphatic rings. The molecule has 17 heavy (non-hydrogen) atoms. The van der Waals surface area contributed by atoms with E-state index in [1.165, 1.54) is 18.5 Å². The summed E-state index contributed by atoms with van der Waals surface area (Å²) < 4.78 is 4.60. The number of aromatic amines is 1. The molecule has 2 N–H and O–H groups in total. The maximum atomic E-state index is 11.7. The van der Waals surface area contributed by atoms with Gasteiger partial charge in [-0.05, 0) is 13.0 Å². The highest BCUT2D eigenvalue weighted by Gasteiger charge is 2.13. The van der Waals surface area contributed by atoms with Gasteiger partial charge < -0.3 is 9.73 Å². The highest BCUT2D eigenvalue weighted by Crippen LogP contribution is 2.06. The number of carbonyl (C=O) groups excluding carboxylic acids is 1. The number of carbonyl (C=O) groups is 1. The van der Waals surface area contributed by atoms with E-state index in [2.05, 4.69) is 24.9 Å². The predicted octanol–water partition coefficient (Wildman–Crippen LogP) is 0.249. The van der Waals surface area contributed by atoms with Crippen molar-refractivity contribution < 1.29 is 9.21 Å². The fourth-order valence-corrected chi connectivity index (χ4v) is 1.26. The zero-order chi connectivity index (χ0) is 12.3. The summed E-state index contributed by atoms with van der Waals surface area (Å²) in [6.07, 6.45) is 2.48. The first kappa shape index (κ1) is 11.1. The minimum atomic E-state index is -0.496. The number of aromatic nitrogens is 3. The Morgan fingerprint density at radius 3 is 2.94 bits per heavy atom. The lowest BCUT2D eigenvalue weighted by molar-refractivity contribution is 0.0936. The van der Waals surface area contributed by atoms with Crippen LogP contribution in [0.2, 0.25) is 0 Å². The first-order valence-electron chi connectivity index (χ1n) is 4.92. The maximum absolute atomic E-state index is 11.7. The van der Waals surface area contributed by atoms with Gasteiger partial charge in [0.25, 0.3) is 5.91 Å². The van der Waals surface area contributed by atoms with Crippen LogP contribution in [0.15, 0.2) is 33.9 Å². The summed E-state index contributed by atoms with van der Waals surface area (Å²) >= 11 is 0. The van der Waals surface area contributed by atoms with Gasteiger partial charge in [-0.15, -0.1) is 0 Å². The van der Waals surface area contributed by atoms with E-state index in [0.717, 1.165) is 6.26 Å². The summed E-state index contributed by atoms with van der Waals surface area (Å²) in [5.74, 6) is 0.202. The van der Waals surface area contributed by atoms with Gasteiger partial charge in [0.15, 0.2) is 0 Å². The Hall–Kier alpha value is -2.44. The van der Waals surface area contributed by atoms with Gasteiger partial charge in [0, 0.05) is 6.07 Å². The first-order valence-corrected chi connectivity index (χ1v) is 4.92. The topological polar surface area (TPSA) is 101 Å². The molecule has 0 saturated carbocycles. The molecule has 2 aromatic heterocycles. The first-order chi connectivity index (χ1) is 8.16. The number of nitrogens with zero attached hydrogens (tertiary/aromatic N) is 2. The molecule has 0 spiro atoms. The van der Waals surface area contributed by atoms with Gasteiger partial charge in [-0.3, -0.25) is 9.89 Å². The number of H-pyrrole nitrogens is 1. The monoisotopic (exact) mass is 234 g/mol. The van der Waals surface area contributed by atoms with E-state index in [4.69, 9.17) is 0 Å². The Balaban J connectivity index is 2.07. The molecule has 7 nitrogen and oxygen atoms in total. The van der Waals surface area contributed by atoms with Gasteiger partial charge in [-0.2, -0.15) is 5.10 Å². The van der Waals surface area contributed by atoms with E-state index in [1.54, 1.807) is 6.92 Å². The second kappa shape index (κ2) is 4.60. The molecule has 0 aliphatic carbocycles. The zero-order valence-corrected chi connectivity index (χ0v) is 9.01. The maximum Gasteiger partial charge on any atom is 0.335 e. The fraction of sp³-hybridized carbons (Fsp3) is 0.200. The number of hydrogen-bond acceptors (Lipinski definition) is 5. The number of nitrogens with one attached hydrogen (secondary N) is 2. The van der Waals surface area contributed by atoms with Crippen LogP contribution in [0.25, 0.3) is 0 Å². The van der Waals surface area contributed by atoms with E-state index in [9.17, 15) is 9.59 Å². The van der Waals surface area contributed by atoms with Gasteiger partial charge in [-0.1, -0.05) is 0 Å². The largest absolute Gasteiger partial charge is 0.430 e. The van der Waals surface area contributed by atoms with Crippen molar-refractivity contribution in [2.75, 3.05) is 0 Å². The second-order valence-corrected chi connectivity index (χ2v) is 3.41. The molecule has 0 radical (unpaired) electrons. The Bertz CT molecular complexity index is 541. The highest BCUT2D eigenvalue weighted by atomic mass is 16.4. The SMILES string of the molecule is CC(NC(=O)c1ccc(=O)oc1)c1ncn[nH]1. The van der Waals surface area contributed by atoms with Crippen LogP contribution < -0.4 is 10.9 Å². The average Bonchev–Trinajstić information content (AvgIpc) is 2.83. The van der Waals surface area contributed by atoms with Crippen molar-refractivity contribution in [1.29, 1.82) is 0 Å². The minimum absolute atomic E-state index is 0.274. The van der Waals surface area contributed by atoms with Crippen molar-refractivity contribution >= 4 is 5.91 Å². The molecule has 0 saturated heterocycles. The normalized spacial score (nSPS) is 12.1. The second-order valence-electron chi connectivity index (χ2n) is 3.41. The molecule has 0 aromatic carbocycles. The van der Waals surface area contributed by atoms with Crippen molar-refractivity contribution in [3.05, 3.63) is 46.5 Å². The van der Waals surface area contributed by atoms with Crippen molar-refractivity contribution in [3.63, 3.8) is 0 Å². The highest BCUT2D eigenvalue weighted by molar-refractivity contribution is 5.93. The third-order valence-electron chi connectivity index (χ3n) is 2.15. The molecule has 0 fully saturated rings. The lowest BCUT2D eigenvalue weighted by atomic mass is 10.2. The van der Waals surface area contributed by atoms with Crippen LogP contribution >= 0.6 is 0 Å². The van der Waals surface area contributed by atoms with Crippen LogP contribution in [0, 0.1) is 0 Å². The number of rotatable bonds is 3. The molecule has 1 unspecified atom stereocenters. The summed E-state index contributed by atoms with van der Waals surface area (Å²) in [4.78, 5) is 26.4. The zero-order valence-electron chi connectivity index (χ0n) is 9.01. The predicted molar refractivity (Wildman–Crippen MR) is 57.2 cm³/mol. The molecule has 1 atom stereocenters.